The monoisotopic (exact) mass is 263 g/mol. The molecule has 106 valence electrons. The fraction of sp³-hybridized carbons (Fsp3) is 0.600. The highest BCUT2D eigenvalue weighted by Crippen LogP contribution is 2.13. The third-order valence-electron chi connectivity index (χ3n) is 3.56. The van der Waals surface area contributed by atoms with Crippen molar-refractivity contribution in [1.82, 2.24) is 9.80 Å². The Hall–Kier alpha value is -1.26. The van der Waals surface area contributed by atoms with Crippen molar-refractivity contribution < 1.29 is 4.74 Å². The minimum atomic E-state index is 0.748. The largest absolute Gasteiger partial charge is 0.492 e. The van der Waals surface area contributed by atoms with Crippen molar-refractivity contribution in [3.05, 3.63) is 24.3 Å². The number of nitrogen functional groups attached to an aromatic ring is 1. The van der Waals surface area contributed by atoms with Gasteiger partial charge in [-0.1, -0.05) is 6.92 Å². The second kappa shape index (κ2) is 7.36. The molecule has 4 heteroatoms. The maximum atomic E-state index is 5.73. The number of benzene rings is 1. The lowest BCUT2D eigenvalue weighted by atomic mass is 10.3. The van der Waals surface area contributed by atoms with Crippen LogP contribution in [0.25, 0.3) is 0 Å². The highest BCUT2D eigenvalue weighted by Gasteiger charge is 2.15. The van der Waals surface area contributed by atoms with Crippen LogP contribution in [0, 0.1) is 0 Å². The van der Waals surface area contributed by atoms with Gasteiger partial charge in [-0.2, -0.15) is 0 Å². The predicted octanol–water partition coefficient (Wildman–Crippen LogP) is 1.68. The summed E-state index contributed by atoms with van der Waals surface area (Å²) in [6.45, 7) is 9.92. The third kappa shape index (κ3) is 4.73. The fourth-order valence-corrected chi connectivity index (χ4v) is 2.41. The van der Waals surface area contributed by atoms with E-state index in [9.17, 15) is 0 Å². The highest BCUT2D eigenvalue weighted by atomic mass is 16.5. The first-order chi connectivity index (χ1) is 9.28. The van der Waals surface area contributed by atoms with Gasteiger partial charge in [-0.05, 0) is 37.2 Å². The number of hydrogen-bond donors (Lipinski definition) is 1. The zero-order valence-corrected chi connectivity index (χ0v) is 11.8. The number of anilines is 1. The molecule has 2 N–H and O–H groups in total. The summed E-state index contributed by atoms with van der Waals surface area (Å²) >= 11 is 0. The molecule has 0 spiro atoms. The van der Waals surface area contributed by atoms with Gasteiger partial charge in [0.2, 0.25) is 0 Å². The lowest BCUT2D eigenvalue weighted by Gasteiger charge is -2.34. The van der Waals surface area contributed by atoms with Gasteiger partial charge >= 0.3 is 0 Å². The van der Waals surface area contributed by atoms with Crippen LogP contribution < -0.4 is 10.5 Å². The number of rotatable bonds is 6. The van der Waals surface area contributed by atoms with Crippen molar-refractivity contribution in [3.63, 3.8) is 0 Å². The van der Waals surface area contributed by atoms with Crippen LogP contribution in [0.2, 0.25) is 0 Å². The van der Waals surface area contributed by atoms with Crippen LogP contribution in [0.5, 0.6) is 5.75 Å². The van der Waals surface area contributed by atoms with E-state index < -0.39 is 0 Å². The first-order valence-corrected chi connectivity index (χ1v) is 7.21. The Balaban J connectivity index is 1.63. The molecule has 0 saturated carbocycles. The second-order valence-electron chi connectivity index (χ2n) is 5.10. The summed E-state index contributed by atoms with van der Waals surface area (Å²) in [5.41, 5.74) is 6.42. The zero-order chi connectivity index (χ0) is 13.5. The summed E-state index contributed by atoms with van der Waals surface area (Å²) in [5.74, 6) is 0.902. The summed E-state index contributed by atoms with van der Waals surface area (Å²) in [7, 11) is 0. The van der Waals surface area contributed by atoms with E-state index in [2.05, 4.69) is 16.7 Å². The van der Waals surface area contributed by atoms with E-state index in [-0.39, 0.29) is 0 Å². The Kier molecular flexibility index (Phi) is 5.48. The van der Waals surface area contributed by atoms with E-state index in [4.69, 9.17) is 10.5 Å². The molecular formula is C15H25N3O. The van der Waals surface area contributed by atoms with Crippen molar-refractivity contribution in [1.29, 1.82) is 0 Å². The topological polar surface area (TPSA) is 41.7 Å². The molecule has 1 fully saturated rings. The molecule has 4 nitrogen and oxygen atoms in total. The quantitative estimate of drug-likeness (QED) is 0.793. The summed E-state index contributed by atoms with van der Waals surface area (Å²) in [6, 6.07) is 7.60. The molecule has 0 aliphatic carbocycles. The van der Waals surface area contributed by atoms with E-state index >= 15 is 0 Å². The molecule has 0 radical (unpaired) electrons. The second-order valence-corrected chi connectivity index (χ2v) is 5.10. The van der Waals surface area contributed by atoms with Crippen LogP contribution in [-0.4, -0.2) is 55.7 Å². The number of hydrogen-bond acceptors (Lipinski definition) is 4. The Labute approximate surface area is 116 Å². The van der Waals surface area contributed by atoms with Crippen LogP contribution in [0.1, 0.15) is 13.3 Å². The van der Waals surface area contributed by atoms with Crippen LogP contribution in [0.15, 0.2) is 24.3 Å². The summed E-state index contributed by atoms with van der Waals surface area (Å²) in [5, 5.41) is 0. The zero-order valence-electron chi connectivity index (χ0n) is 11.8. The van der Waals surface area contributed by atoms with Crippen molar-refractivity contribution in [2.24, 2.45) is 0 Å². The Morgan fingerprint density at radius 2 is 1.58 bits per heavy atom. The van der Waals surface area contributed by atoms with E-state index in [1.807, 2.05) is 24.3 Å². The first kappa shape index (κ1) is 14.2. The van der Waals surface area contributed by atoms with Gasteiger partial charge in [0, 0.05) is 38.4 Å². The van der Waals surface area contributed by atoms with Crippen molar-refractivity contribution >= 4 is 5.69 Å². The molecule has 1 aromatic rings. The summed E-state index contributed by atoms with van der Waals surface area (Å²) in [6.07, 6.45) is 1.25. The van der Waals surface area contributed by atoms with Gasteiger partial charge in [0.05, 0.1) is 0 Å². The van der Waals surface area contributed by atoms with E-state index in [0.29, 0.717) is 0 Å². The molecule has 1 heterocycles. The van der Waals surface area contributed by atoms with Gasteiger partial charge in [-0.15, -0.1) is 0 Å². The van der Waals surface area contributed by atoms with Gasteiger partial charge in [0.15, 0.2) is 0 Å². The van der Waals surface area contributed by atoms with E-state index in [0.717, 1.165) is 37.7 Å². The lowest BCUT2D eigenvalue weighted by molar-refractivity contribution is 0.117. The molecule has 0 atom stereocenters. The van der Waals surface area contributed by atoms with Gasteiger partial charge in [-0.3, -0.25) is 4.90 Å². The van der Waals surface area contributed by atoms with Gasteiger partial charge in [-0.25, -0.2) is 0 Å². The highest BCUT2D eigenvalue weighted by molar-refractivity contribution is 5.41. The van der Waals surface area contributed by atoms with E-state index in [1.165, 1.54) is 26.1 Å². The van der Waals surface area contributed by atoms with Crippen LogP contribution in [-0.2, 0) is 0 Å². The molecule has 0 bridgehead atoms. The SMILES string of the molecule is CCCN1CCN(CCOc2ccc(N)cc2)CC1. The molecule has 0 aromatic heterocycles. The molecule has 1 saturated heterocycles. The van der Waals surface area contributed by atoms with E-state index in [1.54, 1.807) is 0 Å². The van der Waals surface area contributed by atoms with Crippen LogP contribution in [0.3, 0.4) is 0 Å². The molecule has 1 aromatic carbocycles. The maximum absolute atomic E-state index is 5.73. The average molecular weight is 263 g/mol. The summed E-state index contributed by atoms with van der Waals surface area (Å²) in [4.78, 5) is 5.01. The predicted molar refractivity (Wildman–Crippen MR) is 79.5 cm³/mol. The van der Waals surface area contributed by atoms with Crippen LogP contribution >= 0.6 is 0 Å². The minimum absolute atomic E-state index is 0.748. The minimum Gasteiger partial charge on any atom is -0.492 e. The van der Waals surface area contributed by atoms with Crippen LogP contribution in [0.4, 0.5) is 5.69 Å². The number of piperazine rings is 1. The smallest absolute Gasteiger partial charge is 0.119 e. The Morgan fingerprint density at radius 1 is 1.00 bits per heavy atom. The van der Waals surface area contributed by atoms with Crippen molar-refractivity contribution in [2.75, 3.05) is 51.6 Å². The first-order valence-electron chi connectivity index (χ1n) is 7.21. The van der Waals surface area contributed by atoms with Crippen molar-refractivity contribution in [2.45, 2.75) is 13.3 Å². The molecule has 0 amide bonds. The molecule has 2 rings (SSSR count). The third-order valence-corrected chi connectivity index (χ3v) is 3.56. The normalized spacial score (nSPS) is 17.5. The van der Waals surface area contributed by atoms with Gasteiger partial charge < -0.3 is 15.4 Å². The lowest BCUT2D eigenvalue weighted by Crippen LogP contribution is -2.47. The summed E-state index contributed by atoms with van der Waals surface area (Å²) < 4.78 is 5.73. The number of ether oxygens (including phenoxy) is 1. The maximum Gasteiger partial charge on any atom is 0.119 e. The molecular weight excluding hydrogens is 238 g/mol. The van der Waals surface area contributed by atoms with Gasteiger partial charge in [0.25, 0.3) is 0 Å². The Bertz CT molecular complexity index is 358. The Morgan fingerprint density at radius 3 is 2.16 bits per heavy atom. The molecule has 19 heavy (non-hydrogen) atoms. The van der Waals surface area contributed by atoms with Crippen molar-refractivity contribution in [3.8, 4) is 5.75 Å². The molecule has 1 aliphatic heterocycles. The number of nitrogens with two attached hydrogens (primary N) is 1. The number of nitrogens with zero attached hydrogens (tertiary/aromatic N) is 2. The average Bonchev–Trinajstić information content (AvgIpc) is 2.43. The molecule has 1 aliphatic rings. The molecule has 0 unspecified atom stereocenters. The van der Waals surface area contributed by atoms with Gasteiger partial charge in [0.1, 0.15) is 12.4 Å². The fourth-order valence-electron chi connectivity index (χ4n) is 2.41. The standard InChI is InChI=1S/C15H25N3O/c1-2-7-17-8-10-18(11-9-17)12-13-19-15-5-3-14(16)4-6-15/h3-6H,2,7-13,16H2,1H3.